The fraction of sp³-hybridized carbons (Fsp3) is 0.333. The number of rotatable bonds is 4. The van der Waals surface area contributed by atoms with Crippen LogP contribution in [0.5, 0.6) is 0 Å². The normalized spacial score (nSPS) is 10.6. The van der Waals surface area contributed by atoms with Crippen LogP contribution in [0, 0.1) is 0 Å². The van der Waals surface area contributed by atoms with Crippen molar-refractivity contribution in [2.24, 2.45) is 0 Å². The molecular formula is C9H9ClN2O2. The number of hydrogen-bond acceptors (Lipinski definition) is 4. The molecule has 0 spiro atoms. The van der Waals surface area contributed by atoms with Crippen molar-refractivity contribution in [3.8, 4) is 11.4 Å². The predicted octanol–water partition coefficient (Wildman–Crippen LogP) is 2.50. The van der Waals surface area contributed by atoms with E-state index in [0.717, 1.165) is 12.0 Å². The third kappa shape index (κ3) is 1.96. The molecule has 0 amide bonds. The van der Waals surface area contributed by atoms with Crippen molar-refractivity contribution in [1.29, 1.82) is 0 Å². The summed E-state index contributed by atoms with van der Waals surface area (Å²) in [5.74, 6) is 1.77. The van der Waals surface area contributed by atoms with E-state index in [0.29, 0.717) is 24.0 Å². The molecule has 0 bridgehead atoms. The first-order chi connectivity index (χ1) is 6.90. The van der Waals surface area contributed by atoms with Gasteiger partial charge in [-0.05, 0) is 12.5 Å². The summed E-state index contributed by atoms with van der Waals surface area (Å²) in [7, 11) is 0. The van der Waals surface area contributed by atoms with Crippen molar-refractivity contribution in [2.45, 2.75) is 12.8 Å². The second kappa shape index (κ2) is 4.28. The lowest BCUT2D eigenvalue weighted by molar-refractivity contribution is 0.378. The number of hydrogen-bond donors (Lipinski definition) is 0. The molecule has 0 unspecified atom stereocenters. The number of halogens is 1. The zero-order chi connectivity index (χ0) is 9.80. The summed E-state index contributed by atoms with van der Waals surface area (Å²) >= 11 is 5.55. The third-order valence-corrected chi connectivity index (χ3v) is 2.04. The monoisotopic (exact) mass is 212 g/mol. The van der Waals surface area contributed by atoms with Crippen molar-refractivity contribution < 1.29 is 8.94 Å². The van der Waals surface area contributed by atoms with Gasteiger partial charge >= 0.3 is 0 Å². The Kier molecular flexibility index (Phi) is 2.84. The molecule has 0 aliphatic rings. The van der Waals surface area contributed by atoms with E-state index >= 15 is 0 Å². The SMILES string of the molecule is ClCCCc1nc(-c2ccoc2)no1. The Morgan fingerprint density at radius 3 is 3.07 bits per heavy atom. The minimum atomic E-state index is 0.559. The van der Waals surface area contributed by atoms with Crippen LogP contribution in [0.25, 0.3) is 11.4 Å². The van der Waals surface area contributed by atoms with E-state index in [1.54, 1.807) is 18.6 Å². The molecule has 2 aromatic rings. The largest absolute Gasteiger partial charge is 0.472 e. The Labute approximate surface area is 85.9 Å². The molecule has 0 radical (unpaired) electrons. The number of aromatic nitrogens is 2. The van der Waals surface area contributed by atoms with Gasteiger partial charge in [0.05, 0.1) is 11.8 Å². The molecule has 74 valence electrons. The van der Waals surface area contributed by atoms with Gasteiger partial charge in [0.25, 0.3) is 0 Å². The van der Waals surface area contributed by atoms with Gasteiger partial charge in [0.1, 0.15) is 6.26 Å². The van der Waals surface area contributed by atoms with Crippen molar-refractivity contribution >= 4 is 11.6 Å². The van der Waals surface area contributed by atoms with Crippen molar-refractivity contribution in [1.82, 2.24) is 10.1 Å². The van der Waals surface area contributed by atoms with Crippen molar-refractivity contribution in [3.63, 3.8) is 0 Å². The highest BCUT2D eigenvalue weighted by molar-refractivity contribution is 6.17. The van der Waals surface area contributed by atoms with Gasteiger partial charge in [0, 0.05) is 12.3 Å². The maximum atomic E-state index is 5.55. The summed E-state index contributed by atoms with van der Waals surface area (Å²) in [4.78, 5) is 4.19. The lowest BCUT2D eigenvalue weighted by Crippen LogP contribution is -1.85. The molecule has 2 aromatic heterocycles. The molecule has 0 saturated carbocycles. The highest BCUT2D eigenvalue weighted by atomic mass is 35.5. The molecule has 0 aliphatic heterocycles. The number of alkyl halides is 1. The second-order valence-electron chi connectivity index (χ2n) is 2.82. The number of nitrogens with zero attached hydrogens (tertiary/aromatic N) is 2. The first kappa shape index (κ1) is 9.27. The quantitative estimate of drug-likeness (QED) is 0.731. The van der Waals surface area contributed by atoms with Crippen LogP contribution in [-0.4, -0.2) is 16.0 Å². The minimum absolute atomic E-state index is 0.559. The zero-order valence-corrected chi connectivity index (χ0v) is 8.20. The van der Waals surface area contributed by atoms with E-state index in [1.165, 1.54) is 0 Å². The van der Waals surface area contributed by atoms with Gasteiger partial charge in [-0.3, -0.25) is 0 Å². The van der Waals surface area contributed by atoms with Crippen LogP contribution in [0.2, 0.25) is 0 Å². The first-order valence-electron chi connectivity index (χ1n) is 4.31. The minimum Gasteiger partial charge on any atom is -0.472 e. The van der Waals surface area contributed by atoms with E-state index < -0.39 is 0 Å². The Morgan fingerprint density at radius 1 is 1.43 bits per heavy atom. The average molecular weight is 213 g/mol. The molecule has 0 N–H and O–H groups in total. The van der Waals surface area contributed by atoms with Crippen LogP contribution in [-0.2, 0) is 6.42 Å². The summed E-state index contributed by atoms with van der Waals surface area (Å²) in [5, 5.41) is 3.82. The van der Waals surface area contributed by atoms with Gasteiger partial charge < -0.3 is 8.94 Å². The van der Waals surface area contributed by atoms with Crippen LogP contribution in [0.3, 0.4) is 0 Å². The fourth-order valence-electron chi connectivity index (χ4n) is 1.08. The molecule has 0 fully saturated rings. The van der Waals surface area contributed by atoms with Crippen molar-refractivity contribution in [2.75, 3.05) is 5.88 Å². The maximum Gasteiger partial charge on any atom is 0.227 e. The van der Waals surface area contributed by atoms with Crippen LogP contribution < -0.4 is 0 Å². The first-order valence-corrected chi connectivity index (χ1v) is 4.84. The van der Waals surface area contributed by atoms with E-state index in [-0.39, 0.29) is 0 Å². The Morgan fingerprint density at radius 2 is 2.36 bits per heavy atom. The van der Waals surface area contributed by atoms with Crippen LogP contribution in [0.1, 0.15) is 12.3 Å². The molecule has 2 heterocycles. The lowest BCUT2D eigenvalue weighted by Gasteiger charge is -1.86. The third-order valence-electron chi connectivity index (χ3n) is 1.77. The van der Waals surface area contributed by atoms with Gasteiger partial charge in [0.15, 0.2) is 0 Å². The second-order valence-corrected chi connectivity index (χ2v) is 3.19. The van der Waals surface area contributed by atoms with Gasteiger partial charge in [-0.1, -0.05) is 5.16 Å². The van der Waals surface area contributed by atoms with Gasteiger partial charge in [-0.25, -0.2) is 0 Å². The lowest BCUT2D eigenvalue weighted by atomic mass is 10.3. The molecule has 0 aromatic carbocycles. The van der Waals surface area contributed by atoms with E-state index in [9.17, 15) is 0 Å². The highest BCUT2D eigenvalue weighted by Crippen LogP contribution is 2.16. The van der Waals surface area contributed by atoms with Gasteiger partial charge in [0.2, 0.25) is 11.7 Å². The Bertz CT molecular complexity index is 383. The summed E-state index contributed by atoms with van der Waals surface area (Å²) in [5.41, 5.74) is 0.825. The molecular weight excluding hydrogens is 204 g/mol. The summed E-state index contributed by atoms with van der Waals surface area (Å²) in [6.45, 7) is 0. The number of furan rings is 1. The average Bonchev–Trinajstić information content (AvgIpc) is 2.85. The molecule has 14 heavy (non-hydrogen) atoms. The maximum absolute atomic E-state index is 5.55. The van der Waals surface area contributed by atoms with Crippen LogP contribution in [0.4, 0.5) is 0 Å². The van der Waals surface area contributed by atoms with Crippen molar-refractivity contribution in [3.05, 3.63) is 24.5 Å². The molecule has 0 saturated heterocycles. The zero-order valence-electron chi connectivity index (χ0n) is 7.44. The van der Waals surface area contributed by atoms with E-state index in [2.05, 4.69) is 10.1 Å². The molecule has 0 aliphatic carbocycles. The van der Waals surface area contributed by atoms with Gasteiger partial charge in [-0.15, -0.1) is 11.6 Å². The molecule has 4 nitrogen and oxygen atoms in total. The summed E-state index contributed by atoms with van der Waals surface area (Å²) < 4.78 is 9.95. The number of aryl methyl sites for hydroxylation is 1. The summed E-state index contributed by atoms with van der Waals surface area (Å²) in [6.07, 6.45) is 4.71. The Balaban J connectivity index is 2.10. The topological polar surface area (TPSA) is 52.1 Å². The highest BCUT2D eigenvalue weighted by Gasteiger charge is 2.08. The van der Waals surface area contributed by atoms with E-state index in [4.69, 9.17) is 20.5 Å². The Hall–Kier alpha value is -1.29. The smallest absolute Gasteiger partial charge is 0.227 e. The van der Waals surface area contributed by atoms with Gasteiger partial charge in [-0.2, -0.15) is 4.98 Å². The molecule has 2 rings (SSSR count). The van der Waals surface area contributed by atoms with Crippen LogP contribution in [0.15, 0.2) is 27.5 Å². The fourth-order valence-corrected chi connectivity index (χ4v) is 1.22. The molecule has 0 atom stereocenters. The van der Waals surface area contributed by atoms with Crippen LogP contribution >= 0.6 is 11.6 Å². The van der Waals surface area contributed by atoms with E-state index in [1.807, 2.05) is 0 Å². The molecule has 5 heteroatoms. The summed E-state index contributed by atoms with van der Waals surface area (Å²) in [6, 6.07) is 1.79. The standard InChI is InChI=1S/C9H9ClN2O2/c10-4-1-2-8-11-9(12-14-8)7-3-5-13-6-7/h3,5-6H,1-2,4H2. The predicted molar refractivity (Wildman–Crippen MR) is 51.0 cm³/mol.